The van der Waals surface area contributed by atoms with E-state index in [9.17, 15) is 0 Å². The van der Waals surface area contributed by atoms with Gasteiger partial charge in [-0.15, -0.1) is 11.8 Å². The molecule has 106 valence electrons. The van der Waals surface area contributed by atoms with Crippen molar-refractivity contribution in [1.82, 2.24) is 9.88 Å². The Bertz CT molecular complexity index is 653. The lowest BCUT2D eigenvalue weighted by molar-refractivity contribution is 0.721. The van der Waals surface area contributed by atoms with Crippen LogP contribution >= 0.6 is 0 Å². The summed E-state index contributed by atoms with van der Waals surface area (Å²) in [4.78, 5) is 0. The number of hydrogen-bond donors (Lipinski definition) is 1. The van der Waals surface area contributed by atoms with Crippen molar-refractivity contribution in [3.8, 4) is 11.8 Å². The standard InChI is InChI=1S/C18H24N2/c1-5-7-8-11-20-15(4)14(3)17-12-16(13-19-6-2)9-10-18(17)20/h9-10,12,19H,6,8,11,13H2,1-4H3. The molecule has 0 fully saturated rings. The molecule has 1 aromatic carbocycles. The van der Waals surface area contributed by atoms with Crippen LogP contribution in [0.25, 0.3) is 10.9 Å². The highest BCUT2D eigenvalue weighted by Gasteiger charge is 2.10. The van der Waals surface area contributed by atoms with Gasteiger partial charge in [0, 0.05) is 36.1 Å². The largest absolute Gasteiger partial charge is 0.344 e. The van der Waals surface area contributed by atoms with Gasteiger partial charge in [-0.25, -0.2) is 0 Å². The molecule has 0 radical (unpaired) electrons. The average molecular weight is 268 g/mol. The van der Waals surface area contributed by atoms with E-state index in [1.54, 1.807) is 0 Å². The molecule has 0 unspecified atom stereocenters. The number of nitrogens with one attached hydrogen (secondary N) is 1. The molecule has 0 aliphatic rings. The molecule has 0 atom stereocenters. The van der Waals surface area contributed by atoms with Gasteiger partial charge >= 0.3 is 0 Å². The van der Waals surface area contributed by atoms with Gasteiger partial charge in [0.05, 0.1) is 0 Å². The molecule has 0 saturated heterocycles. The number of rotatable bonds is 5. The van der Waals surface area contributed by atoms with Gasteiger partial charge < -0.3 is 9.88 Å². The van der Waals surface area contributed by atoms with Crippen LogP contribution in [0.2, 0.25) is 0 Å². The summed E-state index contributed by atoms with van der Waals surface area (Å²) in [6, 6.07) is 6.80. The first-order valence-corrected chi connectivity index (χ1v) is 7.37. The van der Waals surface area contributed by atoms with Crippen LogP contribution < -0.4 is 5.32 Å². The summed E-state index contributed by atoms with van der Waals surface area (Å²) >= 11 is 0. The van der Waals surface area contributed by atoms with E-state index in [0.29, 0.717) is 0 Å². The molecule has 1 aromatic heterocycles. The van der Waals surface area contributed by atoms with E-state index in [2.05, 4.69) is 60.7 Å². The van der Waals surface area contributed by atoms with E-state index in [0.717, 1.165) is 26.1 Å². The summed E-state index contributed by atoms with van der Waals surface area (Å²) in [5.74, 6) is 6.13. The van der Waals surface area contributed by atoms with Crippen LogP contribution in [0.15, 0.2) is 18.2 Å². The first-order valence-electron chi connectivity index (χ1n) is 7.37. The lowest BCUT2D eigenvalue weighted by Gasteiger charge is -2.07. The summed E-state index contributed by atoms with van der Waals surface area (Å²) in [6.07, 6.45) is 0.916. The third-order valence-electron chi connectivity index (χ3n) is 3.92. The van der Waals surface area contributed by atoms with Crippen LogP contribution in [0.1, 0.15) is 37.1 Å². The normalized spacial score (nSPS) is 10.6. The molecule has 0 amide bonds. The van der Waals surface area contributed by atoms with Gasteiger partial charge in [0.1, 0.15) is 0 Å². The number of fused-ring (bicyclic) bond motifs is 1. The summed E-state index contributed by atoms with van der Waals surface area (Å²) in [5, 5.41) is 4.76. The predicted octanol–water partition coefficient (Wildman–Crippen LogP) is 3.78. The number of benzene rings is 1. The molecule has 0 aliphatic carbocycles. The van der Waals surface area contributed by atoms with Crippen molar-refractivity contribution in [2.45, 2.75) is 47.2 Å². The maximum absolute atomic E-state index is 3.39. The Balaban J connectivity index is 2.38. The minimum atomic E-state index is 0.916. The third kappa shape index (κ3) is 2.89. The summed E-state index contributed by atoms with van der Waals surface area (Å²) in [5.41, 5.74) is 5.44. The Morgan fingerprint density at radius 2 is 2.05 bits per heavy atom. The second-order valence-electron chi connectivity index (χ2n) is 5.17. The zero-order valence-corrected chi connectivity index (χ0v) is 13.0. The molecule has 2 nitrogen and oxygen atoms in total. The molecule has 0 saturated carbocycles. The molecule has 0 spiro atoms. The molecular formula is C18H24N2. The number of hydrogen-bond acceptors (Lipinski definition) is 1. The topological polar surface area (TPSA) is 17.0 Å². The van der Waals surface area contributed by atoms with Crippen LogP contribution in [0.3, 0.4) is 0 Å². The smallest absolute Gasteiger partial charge is 0.0485 e. The second-order valence-corrected chi connectivity index (χ2v) is 5.17. The molecule has 2 aromatic rings. The fourth-order valence-electron chi connectivity index (χ4n) is 2.66. The van der Waals surface area contributed by atoms with Gasteiger partial charge in [-0.05, 0) is 50.6 Å². The number of nitrogens with zero attached hydrogens (tertiary/aromatic N) is 1. The fraction of sp³-hybridized carbons (Fsp3) is 0.444. The monoisotopic (exact) mass is 268 g/mol. The van der Waals surface area contributed by atoms with Gasteiger partial charge in [-0.1, -0.05) is 13.0 Å². The van der Waals surface area contributed by atoms with Crippen LogP contribution in [0.4, 0.5) is 0 Å². The number of aryl methyl sites for hydroxylation is 2. The van der Waals surface area contributed by atoms with Crippen LogP contribution in [0, 0.1) is 25.7 Å². The van der Waals surface area contributed by atoms with Gasteiger partial charge in [-0.2, -0.15) is 0 Å². The van der Waals surface area contributed by atoms with Crippen molar-refractivity contribution >= 4 is 10.9 Å². The maximum atomic E-state index is 3.39. The highest BCUT2D eigenvalue weighted by atomic mass is 15.0. The minimum Gasteiger partial charge on any atom is -0.344 e. The van der Waals surface area contributed by atoms with Gasteiger partial charge in [-0.3, -0.25) is 0 Å². The molecule has 2 rings (SSSR count). The van der Waals surface area contributed by atoms with Crippen molar-refractivity contribution in [2.75, 3.05) is 6.54 Å². The Labute approximate surface area is 122 Å². The van der Waals surface area contributed by atoms with Crippen molar-refractivity contribution < 1.29 is 0 Å². The predicted molar refractivity (Wildman–Crippen MR) is 86.9 cm³/mol. The average Bonchev–Trinajstić information content (AvgIpc) is 2.70. The highest BCUT2D eigenvalue weighted by Crippen LogP contribution is 2.26. The summed E-state index contributed by atoms with van der Waals surface area (Å²) in [6.45, 7) is 11.4. The van der Waals surface area contributed by atoms with Gasteiger partial charge in [0.15, 0.2) is 0 Å². The molecular weight excluding hydrogens is 244 g/mol. The zero-order valence-electron chi connectivity index (χ0n) is 13.0. The maximum Gasteiger partial charge on any atom is 0.0485 e. The van der Waals surface area contributed by atoms with Crippen LogP contribution in [-0.2, 0) is 13.1 Å². The van der Waals surface area contributed by atoms with Crippen molar-refractivity contribution in [1.29, 1.82) is 0 Å². The SMILES string of the molecule is CC#CCCn1c(C)c(C)c2cc(CNCC)ccc21. The van der Waals surface area contributed by atoms with Crippen LogP contribution in [-0.4, -0.2) is 11.1 Å². The van der Waals surface area contributed by atoms with E-state index in [1.165, 1.54) is 27.7 Å². The second kappa shape index (κ2) is 6.63. The third-order valence-corrected chi connectivity index (χ3v) is 3.92. The molecule has 20 heavy (non-hydrogen) atoms. The lowest BCUT2D eigenvalue weighted by atomic mass is 10.1. The van der Waals surface area contributed by atoms with Crippen LogP contribution in [0.5, 0.6) is 0 Å². The fourth-order valence-corrected chi connectivity index (χ4v) is 2.66. The van der Waals surface area contributed by atoms with E-state index in [1.807, 2.05) is 6.92 Å². The molecule has 0 aliphatic heterocycles. The van der Waals surface area contributed by atoms with E-state index < -0.39 is 0 Å². The van der Waals surface area contributed by atoms with E-state index >= 15 is 0 Å². The van der Waals surface area contributed by atoms with Gasteiger partial charge in [0.2, 0.25) is 0 Å². The van der Waals surface area contributed by atoms with E-state index in [-0.39, 0.29) is 0 Å². The lowest BCUT2D eigenvalue weighted by Crippen LogP contribution is -2.11. The first-order chi connectivity index (χ1) is 9.69. The Morgan fingerprint density at radius 3 is 2.75 bits per heavy atom. The van der Waals surface area contributed by atoms with Crippen molar-refractivity contribution in [3.63, 3.8) is 0 Å². The Kier molecular flexibility index (Phi) is 4.87. The molecule has 2 heteroatoms. The summed E-state index contributed by atoms with van der Waals surface area (Å²) < 4.78 is 2.39. The molecule has 0 bridgehead atoms. The molecule has 1 heterocycles. The van der Waals surface area contributed by atoms with Gasteiger partial charge in [0.25, 0.3) is 0 Å². The first kappa shape index (κ1) is 14.7. The number of aromatic nitrogens is 1. The highest BCUT2D eigenvalue weighted by molar-refractivity contribution is 5.86. The molecule has 1 N–H and O–H groups in total. The quantitative estimate of drug-likeness (QED) is 0.817. The summed E-state index contributed by atoms with van der Waals surface area (Å²) in [7, 11) is 0. The zero-order chi connectivity index (χ0) is 14.5. The van der Waals surface area contributed by atoms with Crippen molar-refractivity contribution in [2.24, 2.45) is 0 Å². The van der Waals surface area contributed by atoms with E-state index in [4.69, 9.17) is 0 Å². The Morgan fingerprint density at radius 1 is 1.25 bits per heavy atom. The minimum absolute atomic E-state index is 0.916. The van der Waals surface area contributed by atoms with Crippen molar-refractivity contribution in [3.05, 3.63) is 35.0 Å². The Hall–Kier alpha value is -1.72.